The standard InChI is InChI=1S/C16H19N3/c1-12-5-4-8-18-15(12)11-19-10-14(17)9-13-6-2-3-7-16(13)19/h2-8,14H,9-11,17H2,1H3. The topological polar surface area (TPSA) is 42.2 Å². The van der Waals surface area contributed by atoms with Crippen molar-refractivity contribution in [3.63, 3.8) is 0 Å². The molecule has 1 aliphatic rings. The first-order chi connectivity index (χ1) is 9.24. The first kappa shape index (κ1) is 12.2. The maximum atomic E-state index is 6.17. The zero-order valence-electron chi connectivity index (χ0n) is 11.2. The lowest BCUT2D eigenvalue weighted by molar-refractivity contribution is 0.595. The molecule has 2 aromatic rings. The quantitative estimate of drug-likeness (QED) is 0.893. The normalized spacial score (nSPS) is 18.2. The van der Waals surface area contributed by atoms with Crippen molar-refractivity contribution in [2.75, 3.05) is 11.4 Å². The summed E-state index contributed by atoms with van der Waals surface area (Å²) in [5.41, 5.74) is 11.2. The fraction of sp³-hybridized carbons (Fsp3) is 0.312. The van der Waals surface area contributed by atoms with Crippen molar-refractivity contribution in [2.45, 2.75) is 25.9 Å². The summed E-state index contributed by atoms with van der Waals surface area (Å²) in [5, 5.41) is 0. The number of nitrogens with two attached hydrogens (primary N) is 1. The lowest BCUT2D eigenvalue weighted by Gasteiger charge is -2.34. The Kier molecular flexibility index (Phi) is 3.22. The van der Waals surface area contributed by atoms with E-state index in [-0.39, 0.29) is 6.04 Å². The van der Waals surface area contributed by atoms with Crippen LogP contribution in [-0.2, 0) is 13.0 Å². The van der Waals surface area contributed by atoms with Crippen molar-refractivity contribution < 1.29 is 0 Å². The van der Waals surface area contributed by atoms with Crippen LogP contribution in [0.3, 0.4) is 0 Å². The van der Waals surface area contributed by atoms with Crippen LogP contribution in [0.25, 0.3) is 0 Å². The van der Waals surface area contributed by atoms with E-state index in [1.54, 1.807) is 0 Å². The van der Waals surface area contributed by atoms with Crippen LogP contribution in [-0.4, -0.2) is 17.6 Å². The Hall–Kier alpha value is -1.87. The van der Waals surface area contributed by atoms with Crippen molar-refractivity contribution >= 4 is 5.69 Å². The molecule has 0 bridgehead atoms. The molecule has 0 amide bonds. The van der Waals surface area contributed by atoms with E-state index in [1.807, 2.05) is 12.3 Å². The van der Waals surface area contributed by atoms with Gasteiger partial charge in [-0.25, -0.2) is 0 Å². The molecule has 1 aromatic carbocycles. The van der Waals surface area contributed by atoms with Gasteiger partial charge in [-0.05, 0) is 36.6 Å². The third-order valence-corrected chi connectivity index (χ3v) is 3.73. The Morgan fingerprint density at radius 2 is 2.11 bits per heavy atom. The Morgan fingerprint density at radius 1 is 1.26 bits per heavy atom. The van der Waals surface area contributed by atoms with Crippen LogP contribution in [0.5, 0.6) is 0 Å². The zero-order valence-corrected chi connectivity index (χ0v) is 11.2. The number of hydrogen-bond donors (Lipinski definition) is 1. The van der Waals surface area contributed by atoms with Gasteiger partial charge in [0.25, 0.3) is 0 Å². The molecule has 1 aliphatic heterocycles. The van der Waals surface area contributed by atoms with Gasteiger partial charge < -0.3 is 10.6 Å². The molecule has 1 unspecified atom stereocenters. The van der Waals surface area contributed by atoms with Gasteiger partial charge in [-0.2, -0.15) is 0 Å². The van der Waals surface area contributed by atoms with E-state index in [4.69, 9.17) is 5.73 Å². The van der Waals surface area contributed by atoms with Crippen LogP contribution in [0.4, 0.5) is 5.69 Å². The molecule has 3 nitrogen and oxygen atoms in total. The fourth-order valence-electron chi connectivity index (χ4n) is 2.73. The average Bonchev–Trinajstić information content (AvgIpc) is 2.41. The van der Waals surface area contributed by atoms with Gasteiger partial charge >= 0.3 is 0 Å². The molecule has 0 saturated carbocycles. The summed E-state index contributed by atoms with van der Waals surface area (Å²) in [7, 11) is 0. The Labute approximate surface area is 114 Å². The van der Waals surface area contributed by atoms with E-state index in [1.165, 1.54) is 16.8 Å². The van der Waals surface area contributed by atoms with E-state index in [9.17, 15) is 0 Å². The van der Waals surface area contributed by atoms with E-state index in [0.717, 1.165) is 25.2 Å². The monoisotopic (exact) mass is 253 g/mol. The molecule has 98 valence electrons. The van der Waals surface area contributed by atoms with Crippen LogP contribution in [0.15, 0.2) is 42.6 Å². The van der Waals surface area contributed by atoms with Gasteiger partial charge in [0.2, 0.25) is 0 Å². The zero-order chi connectivity index (χ0) is 13.2. The molecule has 1 atom stereocenters. The molecule has 2 N–H and O–H groups in total. The number of nitrogens with zero attached hydrogens (tertiary/aromatic N) is 2. The predicted octanol–water partition coefficient (Wildman–Crippen LogP) is 2.28. The molecule has 3 rings (SSSR count). The minimum atomic E-state index is 0.207. The number of anilines is 1. The van der Waals surface area contributed by atoms with Crippen LogP contribution in [0.2, 0.25) is 0 Å². The molecule has 1 aromatic heterocycles. The molecule has 2 heterocycles. The largest absolute Gasteiger partial charge is 0.364 e. The van der Waals surface area contributed by atoms with Crippen molar-refractivity contribution in [1.82, 2.24) is 4.98 Å². The number of aryl methyl sites for hydroxylation is 1. The molecular weight excluding hydrogens is 234 g/mol. The van der Waals surface area contributed by atoms with Gasteiger partial charge in [-0.3, -0.25) is 4.98 Å². The number of para-hydroxylation sites is 1. The summed E-state index contributed by atoms with van der Waals surface area (Å²) < 4.78 is 0. The summed E-state index contributed by atoms with van der Waals surface area (Å²) in [6.45, 7) is 3.84. The van der Waals surface area contributed by atoms with Crippen molar-refractivity contribution in [2.24, 2.45) is 5.73 Å². The van der Waals surface area contributed by atoms with E-state index < -0.39 is 0 Å². The summed E-state index contributed by atoms with van der Waals surface area (Å²) in [4.78, 5) is 6.83. The first-order valence-corrected chi connectivity index (χ1v) is 6.73. The minimum Gasteiger partial charge on any atom is -0.364 e. The molecule has 3 heteroatoms. The highest BCUT2D eigenvalue weighted by Crippen LogP contribution is 2.27. The van der Waals surface area contributed by atoms with Gasteiger partial charge in [0.05, 0.1) is 12.2 Å². The summed E-state index contributed by atoms with van der Waals surface area (Å²) in [5.74, 6) is 0. The second-order valence-corrected chi connectivity index (χ2v) is 5.24. The number of benzene rings is 1. The highest BCUT2D eigenvalue weighted by Gasteiger charge is 2.22. The summed E-state index contributed by atoms with van der Waals surface area (Å²) in [6.07, 6.45) is 2.83. The molecule has 0 radical (unpaired) electrons. The smallest absolute Gasteiger partial charge is 0.0626 e. The van der Waals surface area contributed by atoms with Crippen LogP contribution < -0.4 is 10.6 Å². The SMILES string of the molecule is Cc1cccnc1CN1CC(N)Cc2ccccc21. The lowest BCUT2D eigenvalue weighted by Crippen LogP contribution is -2.43. The van der Waals surface area contributed by atoms with E-state index >= 15 is 0 Å². The predicted molar refractivity (Wildman–Crippen MR) is 78.1 cm³/mol. The number of pyridine rings is 1. The number of fused-ring (bicyclic) bond motifs is 1. The minimum absolute atomic E-state index is 0.207. The number of hydrogen-bond acceptors (Lipinski definition) is 3. The average molecular weight is 253 g/mol. The van der Waals surface area contributed by atoms with Gasteiger partial charge in [0.15, 0.2) is 0 Å². The first-order valence-electron chi connectivity index (χ1n) is 6.73. The van der Waals surface area contributed by atoms with Gasteiger partial charge in [0, 0.05) is 24.5 Å². The van der Waals surface area contributed by atoms with Gasteiger partial charge in [-0.1, -0.05) is 24.3 Å². The number of rotatable bonds is 2. The molecule has 19 heavy (non-hydrogen) atoms. The molecular formula is C16H19N3. The maximum Gasteiger partial charge on any atom is 0.0626 e. The van der Waals surface area contributed by atoms with E-state index in [2.05, 4.69) is 47.1 Å². The highest BCUT2D eigenvalue weighted by molar-refractivity contribution is 5.56. The third-order valence-electron chi connectivity index (χ3n) is 3.73. The third kappa shape index (κ3) is 2.47. The van der Waals surface area contributed by atoms with Gasteiger partial charge in [0.1, 0.15) is 0 Å². The van der Waals surface area contributed by atoms with Crippen molar-refractivity contribution in [3.05, 3.63) is 59.4 Å². The second kappa shape index (κ2) is 5.02. The van der Waals surface area contributed by atoms with Crippen LogP contribution >= 0.6 is 0 Å². The Bertz CT molecular complexity index is 580. The summed E-state index contributed by atoms with van der Waals surface area (Å²) in [6, 6.07) is 12.8. The maximum absolute atomic E-state index is 6.17. The highest BCUT2D eigenvalue weighted by atomic mass is 15.2. The second-order valence-electron chi connectivity index (χ2n) is 5.24. The molecule has 0 aliphatic carbocycles. The van der Waals surface area contributed by atoms with E-state index in [0.29, 0.717) is 0 Å². The molecule has 0 saturated heterocycles. The summed E-state index contributed by atoms with van der Waals surface area (Å²) >= 11 is 0. The Morgan fingerprint density at radius 3 is 2.95 bits per heavy atom. The van der Waals surface area contributed by atoms with Crippen molar-refractivity contribution in [1.29, 1.82) is 0 Å². The number of aromatic nitrogens is 1. The molecule has 0 spiro atoms. The van der Waals surface area contributed by atoms with Gasteiger partial charge in [-0.15, -0.1) is 0 Å². The molecule has 0 fully saturated rings. The van der Waals surface area contributed by atoms with Crippen molar-refractivity contribution in [3.8, 4) is 0 Å². The Balaban J connectivity index is 1.91. The van der Waals surface area contributed by atoms with Crippen LogP contribution in [0.1, 0.15) is 16.8 Å². The lowest BCUT2D eigenvalue weighted by atomic mass is 9.98. The fourth-order valence-corrected chi connectivity index (χ4v) is 2.73. The van der Waals surface area contributed by atoms with Crippen LogP contribution in [0, 0.1) is 6.92 Å².